The summed E-state index contributed by atoms with van der Waals surface area (Å²) in [7, 11) is 0. The van der Waals surface area contributed by atoms with Crippen LogP contribution in [0, 0.1) is 0 Å². The van der Waals surface area contributed by atoms with E-state index in [2.05, 4.69) is 26.1 Å². The monoisotopic (exact) mass is 397 g/mol. The molecule has 10 heteroatoms. The van der Waals surface area contributed by atoms with Crippen molar-refractivity contribution < 1.29 is 24.2 Å². The molecule has 3 rings (SSSR count). The zero-order chi connectivity index (χ0) is 20.6. The molecule has 1 aliphatic heterocycles. The second-order valence-corrected chi connectivity index (χ2v) is 6.19. The maximum atomic E-state index is 12.1. The molecule has 10 nitrogen and oxygen atoms in total. The molecule has 1 aromatic heterocycles. The third-order valence-electron chi connectivity index (χ3n) is 4.06. The first kappa shape index (κ1) is 19.8. The summed E-state index contributed by atoms with van der Waals surface area (Å²) in [5, 5.41) is 18.3. The molecule has 0 bridgehead atoms. The maximum absolute atomic E-state index is 12.1. The van der Waals surface area contributed by atoms with Gasteiger partial charge in [0.25, 0.3) is 5.91 Å². The highest BCUT2D eigenvalue weighted by molar-refractivity contribution is 6.05. The van der Waals surface area contributed by atoms with Gasteiger partial charge in [0.05, 0.1) is 12.3 Å². The fourth-order valence-electron chi connectivity index (χ4n) is 2.61. The van der Waals surface area contributed by atoms with E-state index < -0.39 is 17.9 Å². The van der Waals surface area contributed by atoms with E-state index in [1.807, 2.05) is 0 Å². The number of aromatic nitrogens is 1. The van der Waals surface area contributed by atoms with Gasteiger partial charge in [-0.05, 0) is 41.5 Å². The summed E-state index contributed by atoms with van der Waals surface area (Å²) in [5.41, 5.74) is 4.48. The lowest BCUT2D eigenvalue weighted by Crippen LogP contribution is -2.44. The van der Waals surface area contributed by atoms with Crippen LogP contribution in [0.1, 0.15) is 11.1 Å². The van der Waals surface area contributed by atoms with Crippen molar-refractivity contribution in [1.82, 2.24) is 21.0 Å². The van der Waals surface area contributed by atoms with E-state index in [4.69, 9.17) is 4.74 Å². The van der Waals surface area contributed by atoms with Crippen molar-refractivity contribution in [2.45, 2.75) is 12.5 Å². The first-order valence-electron chi connectivity index (χ1n) is 8.76. The second-order valence-electron chi connectivity index (χ2n) is 6.19. The summed E-state index contributed by atoms with van der Waals surface area (Å²) in [4.78, 5) is 38.5. The van der Waals surface area contributed by atoms with Crippen molar-refractivity contribution in [2.75, 3.05) is 13.2 Å². The summed E-state index contributed by atoms with van der Waals surface area (Å²) >= 11 is 0. The molecule has 0 unspecified atom stereocenters. The summed E-state index contributed by atoms with van der Waals surface area (Å²) in [5.74, 6) is -1.24. The number of carbonyl (C=O) groups is 3. The summed E-state index contributed by atoms with van der Waals surface area (Å²) < 4.78 is 5.42. The third-order valence-corrected chi connectivity index (χ3v) is 4.06. The number of rotatable bonds is 8. The van der Waals surface area contributed by atoms with Crippen LogP contribution in [0.3, 0.4) is 0 Å². The van der Waals surface area contributed by atoms with Gasteiger partial charge in [0.15, 0.2) is 6.61 Å². The lowest BCUT2D eigenvalue weighted by molar-refractivity contribution is -0.142. The molecule has 0 saturated heterocycles. The molecule has 1 aromatic carbocycles. The normalized spacial score (nSPS) is 14.1. The average molecular weight is 397 g/mol. The molecular weight excluding hydrogens is 378 g/mol. The Morgan fingerprint density at radius 2 is 2.03 bits per heavy atom. The SMILES string of the molecule is O=C(COc1ccc(C2=NNC(=O)NC2)cc1)N[C@@H](Cc1cccnc1)C(=O)O. The van der Waals surface area contributed by atoms with E-state index >= 15 is 0 Å². The minimum Gasteiger partial charge on any atom is -0.484 e. The van der Waals surface area contributed by atoms with E-state index in [1.165, 1.54) is 0 Å². The number of pyridine rings is 1. The van der Waals surface area contributed by atoms with Gasteiger partial charge in [0.2, 0.25) is 0 Å². The minimum absolute atomic E-state index is 0.121. The number of hydrazone groups is 1. The molecule has 0 fully saturated rings. The first-order chi connectivity index (χ1) is 14.0. The van der Waals surface area contributed by atoms with Crippen LogP contribution in [0.5, 0.6) is 5.75 Å². The maximum Gasteiger partial charge on any atom is 0.335 e. The van der Waals surface area contributed by atoms with Crippen molar-refractivity contribution >= 4 is 23.6 Å². The van der Waals surface area contributed by atoms with Gasteiger partial charge in [-0.2, -0.15) is 5.10 Å². The Labute approximate surface area is 166 Å². The Balaban J connectivity index is 1.51. The molecule has 2 heterocycles. The summed E-state index contributed by atoms with van der Waals surface area (Å²) in [6.07, 6.45) is 3.26. The largest absolute Gasteiger partial charge is 0.484 e. The lowest BCUT2D eigenvalue weighted by atomic mass is 10.1. The number of benzene rings is 1. The zero-order valence-corrected chi connectivity index (χ0v) is 15.3. The van der Waals surface area contributed by atoms with Crippen LogP contribution in [-0.4, -0.2) is 52.9 Å². The molecule has 150 valence electrons. The van der Waals surface area contributed by atoms with Crippen molar-refractivity contribution in [3.8, 4) is 5.75 Å². The number of nitrogens with zero attached hydrogens (tertiary/aromatic N) is 2. The van der Waals surface area contributed by atoms with Gasteiger partial charge in [0, 0.05) is 18.8 Å². The zero-order valence-electron chi connectivity index (χ0n) is 15.3. The summed E-state index contributed by atoms with van der Waals surface area (Å²) in [6, 6.07) is 8.81. The Morgan fingerprint density at radius 1 is 1.24 bits per heavy atom. The highest BCUT2D eigenvalue weighted by Gasteiger charge is 2.20. The Morgan fingerprint density at radius 3 is 2.66 bits per heavy atom. The Kier molecular flexibility index (Phi) is 6.36. The highest BCUT2D eigenvalue weighted by Crippen LogP contribution is 2.13. The predicted molar refractivity (Wildman–Crippen MR) is 103 cm³/mol. The van der Waals surface area contributed by atoms with Gasteiger partial charge in [-0.1, -0.05) is 6.07 Å². The second kappa shape index (κ2) is 9.31. The fraction of sp³-hybridized carbons (Fsp3) is 0.211. The molecule has 0 aliphatic carbocycles. The van der Waals surface area contributed by atoms with Gasteiger partial charge in [0.1, 0.15) is 11.8 Å². The number of carboxylic acid groups (broad SMARTS) is 1. The van der Waals surface area contributed by atoms with Crippen LogP contribution in [-0.2, 0) is 16.0 Å². The van der Waals surface area contributed by atoms with Crippen molar-refractivity contribution in [1.29, 1.82) is 0 Å². The third kappa shape index (κ3) is 5.76. The van der Waals surface area contributed by atoms with E-state index in [-0.39, 0.29) is 19.1 Å². The number of urea groups is 1. The van der Waals surface area contributed by atoms with Gasteiger partial charge in [-0.3, -0.25) is 9.78 Å². The number of nitrogens with one attached hydrogen (secondary N) is 3. The first-order valence-corrected chi connectivity index (χ1v) is 8.76. The Bertz CT molecular complexity index is 914. The van der Waals surface area contributed by atoms with Crippen LogP contribution in [0.2, 0.25) is 0 Å². The van der Waals surface area contributed by atoms with Crippen LogP contribution >= 0.6 is 0 Å². The number of carbonyl (C=O) groups excluding carboxylic acids is 2. The Hall–Kier alpha value is -3.95. The average Bonchev–Trinajstić information content (AvgIpc) is 2.73. The number of aliphatic carboxylic acids is 1. The van der Waals surface area contributed by atoms with Gasteiger partial charge in [-0.25, -0.2) is 15.0 Å². The van der Waals surface area contributed by atoms with Crippen LogP contribution in [0.25, 0.3) is 0 Å². The van der Waals surface area contributed by atoms with Gasteiger partial charge >= 0.3 is 12.0 Å². The highest BCUT2D eigenvalue weighted by atomic mass is 16.5. The van der Waals surface area contributed by atoms with Crippen LogP contribution < -0.4 is 20.8 Å². The van der Waals surface area contributed by atoms with E-state index in [9.17, 15) is 19.5 Å². The number of hydrogen-bond acceptors (Lipinski definition) is 6. The predicted octanol–water partition coefficient (Wildman–Crippen LogP) is 0.289. The molecule has 0 radical (unpaired) electrons. The number of ether oxygens (including phenoxy) is 1. The molecule has 1 atom stereocenters. The summed E-state index contributed by atoms with van der Waals surface area (Å²) in [6.45, 7) is -0.0172. The van der Waals surface area contributed by atoms with Crippen molar-refractivity contribution in [2.24, 2.45) is 5.10 Å². The molecular formula is C19H19N5O5. The molecule has 0 saturated carbocycles. The fourth-order valence-corrected chi connectivity index (χ4v) is 2.61. The van der Waals surface area contributed by atoms with E-state index in [0.29, 0.717) is 23.6 Å². The standard InChI is InChI=1S/C19H19N5O5/c25-17(22-15(18(26)27)8-12-2-1-7-20-9-12)11-29-14-5-3-13(4-6-14)16-10-21-19(28)24-23-16/h1-7,9,15H,8,10-11H2,(H,22,25)(H,26,27)(H2,21,24,28)/t15-/m0/s1. The van der Waals surface area contributed by atoms with Crippen molar-refractivity contribution in [3.63, 3.8) is 0 Å². The molecule has 1 aliphatic rings. The van der Waals surface area contributed by atoms with Crippen LogP contribution in [0.15, 0.2) is 53.9 Å². The lowest BCUT2D eigenvalue weighted by Gasteiger charge is -2.15. The van der Waals surface area contributed by atoms with Gasteiger partial charge in [-0.15, -0.1) is 0 Å². The number of carboxylic acids is 1. The quantitative estimate of drug-likeness (QED) is 0.504. The number of amides is 3. The molecule has 2 aromatic rings. The molecule has 3 amide bonds. The van der Waals surface area contributed by atoms with Crippen molar-refractivity contribution in [3.05, 3.63) is 59.9 Å². The van der Waals surface area contributed by atoms with E-state index in [1.54, 1.807) is 48.8 Å². The minimum atomic E-state index is -1.14. The van der Waals surface area contributed by atoms with Crippen LogP contribution in [0.4, 0.5) is 4.79 Å². The topological polar surface area (TPSA) is 142 Å². The molecule has 0 spiro atoms. The number of hydrogen-bond donors (Lipinski definition) is 4. The van der Waals surface area contributed by atoms with E-state index in [0.717, 1.165) is 5.56 Å². The molecule has 4 N–H and O–H groups in total. The van der Waals surface area contributed by atoms with Gasteiger partial charge < -0.3 is 20.5 Å². The molecule has 29 heavy (non-hydrogen) atoms. The smallest absolute Gasteiger partial charge is 0.335 e.